The van der Waals surface area contributed by atoms with Gasteiger partial charge in [-0.15, -0.1) is 0 Å². The fourth-order valence-electron chi connectivity index (χ4n) is 3.96. The van der Waals surface area contributed by atoms with E-state index in [1.54, 1.807) is 6.33 Å². The van der Waals surface area contributed by atoms with Crippen molar-refractivity contribution in [3.8, 4) is 11.4 Å². The molecule has 9 heteroatoms. The number of morpholine rings is 1. The Hall–Kier alpha value is -3.72. The van der Waals surface area contributed by atoms with Crippen LogP contribution < -0.4 is 10.3 Å². The molecule has 9 nitrogen and oxygen atoms in total. The molecule has 0 saturated carbocycles. The van der Waals surface area contributed by atoms with E-state index in [1.807, 2.05) is 12.1 Å². The SMILES string of the molecule is C1=CC2=NNCN2C=C1c1ccc2[nH]nc(-c3cc(N4CCOCC4)ncn3)c2c1. The molecule has 0 aliphatic carbocycles. The first kappa shape index (κ1) is 17.2. The van der Waals surface area contributed by atoms with Crippen molar-refractivity contribution in [3.05, 3.63) is 54.5 Å². The summed E-state index contributed by atoms with van der Waals surface area (Å²) in [6.07, 6.45) is 7.83. The Morgan fingerprint density at radius 2 is 1.97 bits per heavy atom. The summed E-state index contributed by atoms with van der Waals surface area (Å²) in [7, 11) is 0. The lowest BCUT2D eigenvalue weighted by atomic mass is 10.0. The van der Waals surface area contributed by atoms with Gasteiger partial charge in [-0.3, -0.25) is 10.5 Å². The number of anilines is 1. The highest BCUT2D eigenvalue weighted by Gasteiger charge is 2.19. The molecular formula is C21H20N8O. The summed E-state index contributed by atoms with van der Waals surface area (Å²) in [6.45, 7) is 3.79. The molecule has 0 spiro atoms. The lowest BCUT2D eigenvalue weighted by Gasteiger charge is -2.27. The Labute approximate surface area is 172 Å². The van der Waals surface area contributed by atoms with Gasteiger partial charge in [0.05, 0.1) is 24.4 Å². The molecule has 6 rings (SSSR count). The third-order valence-electron chi connectivity index (χ3n) is 5.56. The highest BCUT2D eigenvalue weighted by atomic mass is 16.5. The summed E-state index contributed by atoms with van der Waals surface area (Å²) in [5.74, 6) is 1.84. The van der Waals surface area contributed by atoms with E-state index in [1.165, 1.54) is 0 Å². The third kappa shape index (κ3) is 2.91. The number of nitrogens with one attached hydrogen (secondary N) is 2. The number of hydrazone groups is 1. The van der Waals surface area contributed by atoms with Crippen molar-refractivity contribution >= 4 is 28.1 Å². The molecule has 0 radical (unpaired) electrons. The Morgan fingerprint density at radius 3 is 2.90 bits per heavy atom. The van der Waals surface area contributed by atoms with Gasteiger partial charge in [0, 0.05) is 30.7 Å². The van der Waals surface area contributed by atoms with Crippen molar-refractivity contribution in [2.75, 3.05) is 37.9 Å². The molecule has 30 heavy (non-hydrogen) atoms. The number of rotatable bonds is 3. The minimum absolute atomic E-state index is 0.688. The van der Waals surface area contributed by atoms with Gasteiger partial charge >= 0.3 is 0 Å². The zero-order valence-corrected chi connectivity index (χ0v) is 16.2. The van der Waals surface area contributed by atoms with E-state index in [0.29, 0.717) is 6.67 Å². The Bertz CT molecular complexity index is 1200. The number of amidine groups is 1. The summed E-state index contributed by atoms with van der Waals surface area (Å²) in [6, 6.07) is 8.33. The van der Waals surface area contributed by atoms with Crippen molar-refractivity contribution in [2.45, 2.75) is 0 Å². The summed E-state index contributed by atoms with van der Waals surface area (Å²) in [5.41, 5.74) is 7.86. The van der Waals surface area contributed by atoms with Crippen molar-refractivity contribution in [1.29, 1.82) is 0 Å². The van der Waals surface area contributed by atoms with Crippen LogP contribution >= 0.6 is 0 Å². The van der Waals surface area contributed by atoms with Gasteiger partial charge in [0.25, 0.3) is 0 Å². The number of allylic oxidation sites excluding steroid dienone is 2. The second-order valence-corrected chi connectivity index (χ2v) is 7.37. The van der Waals surface area contributed by atoms with Crippen LogP contribution in [0.15, 0.2) is 54.0 Å². The zero-order valence-electron chi connectivity index (χ0n) is 16.2. The fourth-order valence-corrected chi connectivity index (χ4v) is 3.96. The number of ether oxygens (including phenoxy) is 1. The van der Waals surface area contributed by atoms with Crippen LogP contribution in [0.25, 0.3) is 27.9 Å². The van der Waals surface area contributed by atoms with Crippen LogP contribution in [0.2, 0.25) is 0 Å². The second-order valence-electron chi connectivity index (χ2n) is 7.37. The molecule has 150 valence electrons. The van der Waals surface area contributed by atoms with E-state index in [4.69, 9.17) is 4.74 Å². The second kappa shape index (κ2) is 6.96. The highest BCUT2D eigenvalue weighted by molar-refractivity contribution is 6.01. The summed E-state index contributed by atoms with van der Waals surface area (Å²) < 4.78 is 5.45. The van der Waals surface area contributed by atoms with E-state index in [9.17, 15) is 0 Å². The quantitative estimate of drug-likeness (QED) is 0.694. The summed E-state index contributed by atoms with van der Waals surface area (Å²) >= 11 is 0. The molecule has 0 bridgehead atoms. The predicted molar refractivity (Wildman–Crippen MR) is 115 cm³/mol. The normalized spacial score (nSPS) is 18.3. The maximum absolute atomic E-state index is 5.45. The van der Waals surface area contributed by atoms with Crippen LogP contribution in [0.1, 0.15) is 5.56 Å². The number of H-pyrrole nitrogens is 1. The fraction of sp³-hybridized carbons (Fsp3) is 0.238. The van der Waals surface area contributed by atoms with Crippen LogP contribution in [0.4, 0.5) is 5.82 Å². The minimum Gasteiger partial charge on any atom is -0.378 e. The molecule has 1 aromatic carbocycles. The van der Waals surface area contributed by atoms with Crippen molar-refractivity contribution in [2.24, 2.45) is 5.10 Å². The molecule has 2 aromatic heterocycles. The van der Waals surface area contributed by atoms with Gasteiger partial charge in [-0.25, -0.2) is 9.97 Å². The van der Waals surface area contributed by atoms with Gasteiger partial charge in [-0.2, -0.15) is 10.2 Å². The molecule has 0 unspecified atom stereocenters. The predicted octanol–water partition coefficient (Wildman–Crippen LogP) is 1.94. The van der Waals surface area contributed by atoms with Gasteiger partial charge in [0.1, 0.15) is 24.5 Å². The number of aromatic amines is 1. The van der Waals surface area contributed by atoms with Crippen LogP contribution in [-0.2, 0) is 4.74 Å². The Morgan fingerprint density at radius 1 is 1.03 bits per heavy atom. The van der Waals surface area contributed by atoms with E-state index < -0.39 is 0 Å². The first-order valence-electron chi connectivity index (χ1n) is 9.96. The topological polar surface area (TPSA) is 94.6 Å². The maximum atomic E-state index is 5.45. The van der Waals surface area contributed by atoms with Crippen LogP contribution in [-0.4, -0.2) is 63.9 Å². The molecule has 3 aliphatic rings. The van der Waals surface area contributed by atoms with Gasteiger partial charge in [0.15, 0.2) is 5.84 Å². The highest BCUT2D eigenvalue weighted by Crippen LogP contribution is 2.30. The summed E-state index contributed by atoms with van der Waals surface area (Å²) in [4.78, 5) is 13.3. The molecule has 1 fully saturated rings. The standard InChI is InChI=1S/C21H20N8O/c1-3-17-16(9-14(1)15-2-4-19-26-24-13-29(19)11-15)21(27-25-17)18-10-20(23-12-22-18)28-5-7-30-8-6-28/h1-4,9-12,24H,5-8,13H2,(H,25,27). The number of fused-ring (bicyclic) bond motifs is 2. The molecule has 0 amide bonds. The smallest absolute Gasteiger partial charge is 0.154 e. The minimum atomic E-state index is 0.688. The van der Waals surface area contributed by atoms with Crippen LogP contribution in [0.3, 0.4) is 0 Å². The van der Waals surface area contributed by atoms with Gasteiger partial charge in [0.2, 0.25) is 0 Å². The van der Waals surface area contributed by atoms with Gasteiger partial charge in [-0.05, 0) is 35.4 Å². The first-order chi connectivity index (χ1) is 14.8. The maximum Gasteiger partial charge on any atom is 0.154 e. The average Bonchev–Trinajstić information content (AvgIpc) is 3.45. The van der Waals surface area contributed by atoms with Crippen molar-refractivity contribution < 1.29 is 4.74 Å². The molecule has 3 aliphatic heterocycles. The van der Waals surface area contributed by atoms with Crippen molar-refractivity contribution in [1.82, 2.24) is 30.5 Å². The molecule has 1 saturated heterocycles. The molecule has 5 heterocycles. The first-order valence-corrected chi connectivity index (χ1v) is 9.96. The number of hydrogen-bond acceptors (Lipinski definition) is 8. The number of aromatic nitrogens is 4. The van der Waals surface area contributed by atoms with E-state index in [-0.39, 0.29) is 0 Å². The van der Waals surface area contributed by atoms with Crippen LogP contribution in [0, 0.1) is 0 Å². The third-order valence-corrected chi connectivity index (χ3v) is 5.56. The zero-order chi connectivity index (χ0) is 19.9. The number of hydrogen-bond donors (Lipinski definition) is 2. The molecular weight excluding hydrogens is 380 g/mol. The van der Waals surface area contributed by atoms with E-state index in [0.717, 1.165) is 71.4 Å². The van der Waals surface area contributed by atoms with Gasteiger partial charge < -0.3 is 14.5 Å². The Balaban J connectivity index is 1.38. The van der Waals surface area contributed by atoms with Gasteiger partial charge in [-0.1, -0.05) is 6.07 Å². The van der Waals surface area contributed by atoms with Crippen molar-refractivity contribution in [3.63, 3.8) is 0 Å². The number of nitrogens with zero attached hydrogens (tertiary/aromatic N) is 6. The lowest BCUT2D eigenvalue weighted by Crippen LogP contribution is -2.36. The monoisotopic (exact) mass is 400 g/mol. The van der Waals surface area contributed by atoms with Crippen LogP contribution in [0.5, 0.6) is 0 Å². The molecule has 2 N–H and O–H groups in total. The Kier molecular flexibility index (Phi) is 3.98. The lowest BCUT2D eigenvalue weighted by molar-refractivity contribution is 0.122. The molecule has 0 atom stereocenters. The average molecular weight is 400 g/mol. The molecule has 3 aromatic rings. The van der Waals surface area contributed by atoms with E-state index in [2.05, 4.69) is 71.0 Å². The van der Waals surface area contributed by atoms with E-state index >= 15 is 0 Å². The summed E-state index contributed by atoms with van der Waals surface area (Å²) in [5, 5.41) is 13.0. The number of benzene rings is 1. The largest absolute Gasteiger partial charge is 0.378 e.